The lowest BCUT2D eigenvalue weighted by molar-refractivity contribution is -0.192. The minimum atomic E-state index is -5.08. The number of benzene rings is 6. The molecule has 0 saturated carbocycles. The van der Waals surface area contributed by atoms with E-state index in [0.717, 1.165) is 16.7 Å². The molecule has 0 bridgehead atoms. The van der Waals surface area contributed by atoms with Crippen molar-refractivity contribution in [3.05, 3.63) is 273 Å². The summed E-state index contributed by atoms with van der Waals surface area (Å²) in [7, 11) is -7.05. The summed E-state index contributed by atoms with van der Waals surface area (Å²) in [6, 6.07) is 48.9. The smallest absolute Gasteiger partial charge is 0.490 e. The number of carbonyl (C=O) groups is 5. The number of hydrogen-bond acceptors (Lipinski definition) is 17. The Hall–Kier alpha value is -10.7. The predicted molar refractivity (Wildman–Crippen MR) is 384 cm³/mol. The molecule has 4 amide bonds. The van der Waals surface area contributed by atoms with Gasteiger partial charge in [-0.05, 0) is 111 Å². The molecule has 106 heavy (non-hydrogen) atoms. The third kappa shape index (κ3) is 18.9. The van der Waals surface area contributed by atoms with Gasteiger partial charge in [-0.1, -0.05) is 109 Å². The van der Waals surface area contributed by atoms with Crippen molar-refractivity contribution in [2.24, 2.45) is 0 Å². The van der Waals surface area contributed by atoms with Crippen LogP contribution in [0.4, 0.5) is 22.0 Å². The first-order chi connectivity index (χ1) is 51.0. The Labute approximate surface area is 607 Å². The van der Waals surface area contributed by atoms with Gasteiger partial charge in [-0.15, -0.1) is 0 Å². The van der Waals surface area contributed by atoms with Gasteiger partial charge in [0.25, 0.3) is 23.6 Å². The van der Waals surface area contributed by atoms with E-state index in [9.17, 15) is 50.6 Å². The summed E-state index contributed by atoms with van der Waals surface area (Å²) in [5.41, 5.74) is 6.37. The van der Waals surface area contributed by atoms with Gasteiger partial charge in [-0.2, -0.15) is 13.2 Å². The van der Waals surface area contributed by atoms with Gasteiger partial charge in [-0.25, -0.2) is 13.6 Å². The van der Waals surface area contributed by atoms with Crippen LogP contribution in [0, 0.1) is 11.6 Å². The first kappa shape index (κ1) is 77.9. The molecule has 2 N–H and O–H groups in total. The number of pyridine rings is 4. The van der Waals surface area contributed by atoms with Crippen molar-refractivity contribution in [2.75, 3.05) is 51.8 Å². The molecular weight excluding hydrogens is 1420 g/mol. The van der Waals surface area contributed by atoms with Crippen LogP contribution in [0.1, 0.15) is 120 Å². The van der Waals surface area contributed by atoms with Crippen molar-refractivity contribution in [1.82, 2.24) is 39.5 Å². The van der Waals surface area contributed by atoms with Gasteiger partial charge in [0, 0.05) is 86.0 Å². The number of hydrogen-bond donors (Lipinski definition) is 2. The van der Waals surface area contributed by atoms with E-state index in [2.05, 4.69) is 15.0 Å². The minimum absolute atomic E-state index is 0.00347. The van der Waals surface area contributed by atoms with Crippen molar-refractivity contribution in [1.29, 1.82) is 0 Å². The van der Waals surface area contributed by atoms with Gasteiger partial charge in [0.05, 0.1) is 85.5 Å². The molecule has 0 aliphatic carbocycles. The molecule has 2 aliphatic rings. The molecule has 2 aliphatic heterocycles. The topological polar surface area (TPSA) is 271 Å². The van der Waals surface area contributed by atoms with Crippen molar-refractivity contribution in [3.8, 4) is 11.5 Å². The fourth-order valence-electron chi connectivity index (χ4n) is 12.3. The second-order valence-corrected chi connectivity index (χ2v) is 28.4. The Bertz CT molecular complexity index is 4790. The summed E-state index contributed by atoms with van der Waals surface area (Å²) in [4.78, 5) is 91.1. The molecule has 0 fully saturated rings. The summed E-state index contributed by atoms with van der Waals surface area (Å²) < 4.78 is 115. The van der Waals surface area contributed by atoms with E-state index in [-0.39, 0.29) is 142 Å². The van der Waals surface area contributed by atoms with Gasteiger partial charge in [-0.3, -0.25) is 48.2 Å². The van der Waals surface area contributed by atoms with Crippen molar-refractivity contribution >= 4 is 66.6 Å². The van der Waals surface area contributed by atoms with Gasteiger partial charge in [0.15, 0.2) is 11.5 Å². The van der Waals surface area contributed by atoms with E-state index in [0.29, 0.717) is 44.4 Å². The van der Waals surface area contributed by atoms with Crippen LogP contribution in [0.15, 0.2) is 195 Å². The number of halogens is 5. The monoisotopic (exact) mass is 1490 g/mol. The van der Waals surface area contributed by atoms with Crippen molar-refractivity contribution < 1.29 is 88.1 Å². The lowest BCUT2D eigenvalue weighted by atomic mass is 9.94. The summed E-state index contributed by atoms with van der Waals surface area (Å²) in [6.45, 7) is 8.25. The Balaban J connectivity index is 0.000000214. The number of aromatic nitrogens is 4. The second kappa shape index (κ2) is 35.4. The zero-order valence-corrected chi connectivity index (χ0v) is 59.9. The lowest BCUT2D eigenvalue weighted by Gasteiger charge is -2.27. The van der Waals surface area contributed by atoms with E-state index >= 15 is 4.79 Å². The molecule has 0 atom stereocenters. The van der Waals surface area contributed by atoms with E-state index in [4.69, 9.17) is 37.7 Å². The summed E-state index contributed by atoms with van der Waals surface area (Å²) in [5.74, 6) is -5.26. The quantitative estimate of drug-likeness (QED) is 0.0341. The van der Waals surface area contributed by atoms with Gasteiger partial charge >= 0.3 is 27.3 Å². The first-order valence-corrected chi connectivity index (χ1v) is 37.3. The number of aliphatic carboxylic acids is 1. The van der Waals surface area contributed by atoms with E-state index in [1.54, 1.807) is 129 Å². The average molecular weight is 1490 g/mol. The number of aromatic hydroxyl groups is 1. The molecule has 29 heteroatoms. The van der Waals surface area contributed by atoms with Crippen LogP contribution in [0.5, 0.6) is 11.5 Å². The fraction of sp³-hybridized carbons (Fsp3) is 0.260. The zero-order valence-electron chi connectivity index (χ0n) is 58.1. The maximum absolute atomic E-state index is 15.2. The number of carbonyl (C=O) groups excluding carboxylic acids is 4. The van der Waals surface area contributed by atoms with Crippen molar-refractivity contribution in [2.45, 2.75) is 79.2 Å². The number of rotatable bonds is 28. The molecule has 12 rings (SSSR count). The summed E-state index contributed by atoms with van der Waals surface area (Å²) in [5, 5.41) is 19.2. The molecule has 0 spiro atoms. The maximum Gasteiger partial charge on any atom is 0.490 e. The van der Waals surface area contributed by atoms with Gasteiger partial charge in [0.1, 0.15) is 28.8 Å². The van der Waals surface area contributed by atoms with Gasteiger partial charge in [0.2, 0.25) is 0 Å². The second-order valence-electron chi connectivity index (χ2n) is 24.1. The van der Waals surface area contributed by atoms with E-state index < -0.39 is 57.0 Å². The molecule has 10 aromatic rings. The van der Waals surface area contributed by atoms with E-state index in [1.807, 2.05) is 72.8 Å². The van der Waals surface area contributed by atoms with Crippen LogP contribution in [0.25, 0.3) is 21.8 Å². The Kier molecular flexibility index (Phi) is 26.0. The van der Waals surface area contributed by atoms with Crippen LogP contribution in [0.3, 0.4) is 0 Å². The van der Waals surface area contributed by atoms with Crippen LogP contribution in [0.2, 0.25) is 0 Å². The van der Waals surface area contributed by atoms with Crippen LogP contribution in [-0.2, 0) is 71.3 Å². The molecule has 22 nitrogen and oxygen atoms in total. The predicted octanol–water partition coefficient (Wildman–Crippen LogP) is 15.2. The number of alkyl halides is 3. The highest BCUT2D eigenvalue weighted by Gasteiger charge is 2.42. The van der Waals surface area contributed by atoms with Gasteiger partial charge < -0.3 is 52.6 Å². The lowest BCUT2D eigenvalue weighted by Crippen LogP contribution is -2.34. The number of amides is 4. The molecule has 4 aromatic heterocycles. The molecular formula is C77H75F5N8O14P2. The zero-order chi connectivity index (χ0) is 75.7. The summed E-state index contributed by atoms with van der Waals surface area (Å²) in [6.07, 6.45) is 0.528. The molecule has 552 valence electrons. The Morgan fingerprint density at radius 1 is 0.519 bits per heavy atom. The first-order valence-electron chi connectivity index (χ1n) is 33.8. The standard InChI is InChI=1S/C44H42FN4O6P.C31H32FN4O6P.C2HF3O2/c1-3-53-56(52,54-4-2)27-26-48(29-35-18-11-12-24-46-35)43(50)38-36-19-13-25-47-40(36)42(55-41(32-14-7-5-8-15-32)33-16-9-6-10-17-33)39-37(38)30-49(44(39)51)28-31-20-22-34(45)23-21-31;1-3-41-43(40,42-4-2)17-16-35(19-23-8-5-6-14-33-23)30(38)26-24-9-7-15-34-28(24)29(37)27-25(26)20-36(31(27)39)18-21-10-12-22(32)13-11-21;3-2(4,5)1(6)7/h5-25,41H,3-4,26-30H2,1-2H3;5-15,37H,3-4,16-20H2,1-2H3;(H,6,7). The molecule has 0 unspecified atom stereocenters. The Morgan fingerprint density at radius 3 is 1.29 bits per heavy atom. The number of carboxylic acids is 1. The van der Waals surface area contributed by atoms with Crippen LogP contribution in [-0.4, -0.2) is 137 Å². The SMILES string of the molecule is CCOP(=O)(CCN(Cc1ccccn1)C(=O)c1c2c(c(O)c3ncccc13)C(=O)N(Cc1ccc(F)cc1)C2)OCC.CCOP(=O)(CCN(Cc1ccccn1)C(=O)c1c2c(c(OC(c3ccccc3)c3ccccc3)c3ncccc13)C(=O)N(Cc1ccc(F)cc1)C2)OCC.O=C(O)C(F)(F)F. The number of fused-ring (bicyclic) bond motifs is 4. The molecule has 6 aromatic carbocycles. The number of carboxylic acid groups (broad SMARTS) is 1. The summed E-state index contributed by atoms with van der Waals surface area (Å²) >= 11 is 0. The highest BCUT2D eigenvalue weighted by molar-refractivity contribution is 7.54. The maximum atomic E-state index is 15.2. The average Bonchev–Trinajstić information content (AvgIpc) is 1.53. The largest absolute Gasteiger partial charge is 0.505 e. The normalized spacial score (nSPS) is 12.7. The molecule has 0 radical (unpaired) electrons. The van der Waals surface area contributed by atoms with Crippen molar-refractivity contribution in [3.63, 3.8) is 0 Å². The van der Waals surface area contributed by atoms with Crippen LogP contribution >= 0.6 is 15.2 Å². The highest BCUT2D eigenvalue weighted by atomic mass is 31.2. The third-order valence-electron chi connectivity index (χ3n) is 17.0. The number of ether oxygens (including phenoxy) is 1. The molecule has 0 saturated heterocycles. The number of nitrogens with zero attached hydrogens (tertiary/aromatic N) is 8. The molecule has 6 heterocycles. The fourth-order valence-corrected chi connectivity index (χ4v) is 15.5. The number of phenolic OH excluding ortho intramolecular Hbond substituents is 1. The third-order valence-corrected chi connectivity index (χ3v) is 21.1. The Morgan fingerprint density at radius 2 is 0.896 bits per heavy atom. The minimum Gasteiger partial charge on any atom is -0.505 e. The van der Waals surface area contributed by atoms with E-state index in [1.165, 1.54) is 40.3 Å². The van der Waals surface area contributed by atoms with Crippen LogP contribution < -0.4 is 4.74 Å². The number of phenols is 1. The highest BCUT2D eigenvalue weighted by Crippen LogP contribution is 2.50.